The Morgan fingerprint density at radius 2 is 1.15 bits per heavy atom. The van der Waals surface area contributed by atoms with E-state index in [1.807, 2.05) is 36.4 Å². The van der Waals surface area contributed by atoms with Gasteiger partial charge in [0.05, 0.1) is 0 Å². The van der Waals surface area contributed by atoms with Gasteiger partial charge in [-0.3, -0.25) is 6.08 Å². The minimum absolute atomic E-state index is 0. The van der Waals surface area contributed by atoms with Crippen LogP contribution in [0.15, 0.2) is 109 Å². The fourth-order valence-electron chi connectivity index (χ4n) is 7.47. The first-order valence-electron chi connectivity index (χ1n) is 18.0. The average Bonchev–Trinajstić information content (AvgIpc) is 3.79. The summed E-state index contributed by atoms with van der Waals surface area (Å²) in [5.74, 6) is 0. The zero-order valence-electron chi connectivity index (χ0n) is 32.4. The third-order valence-corrected chi connectivity index (χ3v) is 11.9. The summed E-state index contributed by atoms with van der Waals surface area (Å²) < 4.78 is 1.31. The van der Waals surface area contributed by atoms with Crippen LogP contribution in [0.1, 0.15) is 92.5 Å². The Hall–Kier alpha value is -2.77. The second kappa shape index (κ2) is 18.0. The molecule has 0 radical (unpaired) electrons. The normalized spacial score (nSPS) is 12.5. The maximum atomic E-state index is 6.38. The molecule has 54 heavy (non-hydrogen) atoms. The molecule has 5 heteroatoms. The standard InChI is InChI=1S/C23H29.C21H12Cl2.C5H5.2ClH.Zr/c1-14-9-16-11-17-10-15(2)21(23(6,7)8)13-19(17)18(16)12-20(14)22(3,4)5;22-20-11-9-14(16-5-1-3-7-18(16)20)13-15-10-12-21(23)19-8-4-2-6-17(15)19;1-2-4-5-3-1;;;/h9,12-13H,11H2,1-8H3;1-12H;1-3H,4H2;2*1H;/q-1;;-1;;;+2. The molecule has 0 nitrogen and oxygen atoms in total. The van der Waals surface area contributed by atoms with E-state index in [1.54, 1.807) is 0 Å². The van der Waals surface area contributed by atoms with E-state index in [2.05, 4.69) is 140 Å². The van der Waals surface area contributed by atoms with E-state index in [0.717, 1.165) is 33.7 Å². The van der Waals surface area contributed by atoms with E-state index in [-0.39, 0.29) is 35.6 Å². The third-order valence-electron chi connectivity index (χ3n) is 9.95. The molecule has 6 aromatic carbocycles. The number of benzene rings is 6. The molecule has 0 bridgehead atoms. The van der Waals surface area contributed by atoms with Crippen LogP contribution in [0.3, 0.4) is 0 Å². The van der Waals surface area contributed by atoms with E-state index in [1.165, 1.54) is 93.8 Å². The van der Waals surface area contributed by atoms with Crippen LogP contribution in [0.5, 0.6) is 0 Å². The summed E-state index contributed by atoms with van der Waals surface area (Å²) in [6, 6.07) is 35.8. The zero-order valence-corrected chi connectivity index (χ0v) is 38.0. The molecule has 0 atom stereocenters. The van der Waals surface area contributed by atoms with Crippen LogP contribution in [-0.4, -0.2) is 3.21 Å². The fourth-order valence-corrected chi connectivity index (χ4v) is 9.00. The van der Waals surface area contributed by atoms with Gasteiger partial charge in [-0.15, -0.1) is 47.9 Å². The molecular weight excluding hydrogens is 822 g/mol. The molecule has 0 N–H and O–H groups in total. The van der Waals surface area contributed by atoms with Crippen molar-refractivity contribution in [3.8, 4) is 11.1 Å². The summed E-state index contributed by atoms with van der Waals surface area (Å²) in [5, 5.41) is 6.15. The molecule has 8 rings (SSSR count). The van der Waals surface area contributed by atoms with Gasteiger partial charge in [0.25, 0.3) is 0 Å². The summed E-state index contributed by atoms with van der Waals surface area (Å²) in [6.07, 6.45) is 11.0. The average molecular weight is 870 g/mol. The van der Waals surface area contributed by atoms with Gasteiger partial charge in [0.15, 0.2) is 0 Å². The van der Waals surface area contributed by atoms with Crippen molar-refractivity contribution in [2.24, 2.45) is 0 Å². The Labute approximate surface area is 360 Å². The molecule has 0 spiro atoms. The van der Waals surface area contributed by atoms with Gasteiger partial charge < -0.3 is 0 Å². The molecule has 0 saturated heterocycles. The van der Waals surface area contributed by atoms with Crippen LogP contribution in [0, 0.1) is 26.0 Å². The third kappa shape index (κ3) is 9.43. The van der Waals surface area contributed by atoms with Gasteiger partial charge in [-0.2, -0.15) is 23.8 Å². The molecule has 0 unspecified atom stereocenters. The first-order valence-corrected chi connectivity index (χ1v) is 20.0. The molecule has 2 aliphatic carbocycles. The van der Waals surface area contributed by atoms with Gasteiger partial charge in [0, 0.05) is 0 Å². The van der Waals surface area contributed by atoms with Crippen molar-refractivity contribution in [2.75, 3.05) is 0 Å². The Morgan fingerprint density at radius 1 is 0.648 bits per heavy atom. The topological polar surface area (TPSA) is 0 Å². The summed E-state index contributed by atoms with van der Waals surface area (Å²) in [7, 11) is 0. The SMILES string of the molecule is Cc1[c-]c2c(cc1C(C)(C)C)-c1cc(C(C)(C)C)c(C)cc1C2.Cl.Cl.Clc1ccc([C](=[Zr+2])c2ccc(Cl)c3ccccc23)c2ccccc12.[C-]1=CC=CC1. The van der Waals surface area contributed by atoms with Crippen molar-refractivity contribution < 1.29 is 24.2 Å². The number of hydrogen-bond acceptors (Lipinski definition) is 0. The molecule has 0 heterocycles. The van der Waals surface area contributed by atoms with Crippen LogP contribution >= 0.6 is 48.0 Å². The van der Waals surface area contributed by atoms with E-state index >= 15 is 0 Å². The van der Waals surface area contributed by atoms with Crippen LogP contribution in [0.4, 0.5) is 0 Å². The smallest absolute Gasteiger partial charge is 0.109 e. The number of halogens is 4. The Morgan fingerprint density at radius 3 is 1.59 bits per heavy atom. The van der Waals surface area contributed by atoms with E-state index in [0.29, 0.717) is 0 Å². The van der Waals surface area contributed by atoms with Gasteiger partial charge in [-0.05, 0) is 35.4 Å². The molecule has 276 valence electrons. The van der Waals surface area contributed by atoms with Crippen molar-refractivity contribution in [1.29, 1.82) is 0 Å². The quantitative estimate of drug-likeness (QED) is 0.152. The van der Waals surface area contributed by atoms with Crippen molar-refractivity contribution in [1.82, 2.24) is 0 Å². The van der Waals surface area contributed by atoms with Gasteiger partial charge in [0.2, 0.25) is 0 Å². The van der Waals surface area contributed by atoms with Crippen LogP contribution in [-0.2, 0) is 41.5 Å². The molecule has 0 saturated carbocycles. The summed E-state index contributed by atoms with van der Waals surface area (Å²) >= 11 is 14.1. The first-order chi connectivity index (χ1) is 24.6. The van der Waals surface area contributed by atoms with Crippen LogP contribution < -0.4 is 0 Å². The number of aryl methyl sites for hydroxylation is 2. The Balaban J connectivity index is 0.000000206. The van der Waals surface area contributed by atoms with E-state index < -0.39 is 0 Å². The Kier molecular flexibility index (Phi) is 14.7. The minimum Gasteiger partial charge on any atom is -0.273 e. The van der Waals surface area contributed by atoms with Crippen molar-refractivity contribution >= 4 is 72.8 Å². The molecule has 6 aromatic rings. The Bertz CT molecular complexity index is 2220. The number of hydrogen-bond donors (Lipinski definition) is 0. The monoisotopic (exact) mass is 866 g/mol. The van der Waals surface area contributed by atoms with Crippen LogP contribution in [0.25, 0.3) is 32.7 Å². The van der Waals surface area contributed by atoms with Gasteiger partial charge >= 0.3 is 166 Å². The molecular formula is C49H48Cl4Zr. The number of allylic oxidation sites excluding steroid dienone is 4. The van der Waals surface area contributed by atoms with E-state index in [9.17, 15) is 0 Å². The predicted octanol–water partition coefficient (Wildman–Crippen LogP) is 14.8. The summed E-state index contributed by atoms with van der Waals surface area (Å²) in [6.45, 7) is 18.2. The summed E-state index contributed by atoms with van der Waals surface area (Å²) in [5.41, 5.74) is 14.1. The van der Waals surface area contributed by atoms with Crippen molar-refractivity contribution in [3.63, 3.8) is 0 Å². The molecule has 0 fully saturated rings. The largest absolute Gasteiger partial charge is 0.273 e. The van der Waals surface area contributed by atoms with Crippen LogP contribution in [0.2, 0.25) is 10.0 Å². The maximum Gasteiger partial charge on any atom is -0.109 e. The first kappa shape index (κ1) is 44.0. The molecule has 0 aromatic heterocycles. The van der Waals surface area contributed by atoms with Gasteiger partial charge in [-0.25, -0.2) is 12.2 Å². The second-order valence-electron chi connectivity index (χ2n) is 15.9. The van der Waals surface area contributed by atoms with Crippen molar-refractivity contribution in [3.05, 3.63) is 176 Å². The number of rotatable bonds is 2. The predicted molar refractivity (Wildman–Crippen MR) is 238 cm³/mol. The minimum atomic E-state index is 0. The fraction of sp³-hybridized carbons (Fsp3) is 0.245. The van der Waals surface area contributed by atoms with Gasteiger partial charge in [-0.1, -0.05) is 71.6 Å². The molecule has 0 aliphatic heterocycles. The summed E-state index contributed by atoms with van der Waals surface area (Å²) in [4.78, 5) is 0. The van der Waals surface area contributed by atoms with Crippen molar-refractivity contribution in [2.45, 2.75) is 79.1 Å². The molecule has 0 amide bonds. The number of fused-ring (bicyclic) bond motifs is 5. The van der Waals surface area contributed by atoms with Gasteiger partial charge in [0.1, 0.15) is 0 Å². The van der Waals surface area contributed by atoms with E-state index in [4.69, 9.17) is 23.2 Å². The molecule has 2 aliphatic rings. The maximum absolute atomic E-state index is 6.38. The second-order valence-corrected chi connectivity index (χ2v) is 17.9. The zero-order chi connectivity index (χ0) is 37.4.